The Hall–Kier alpha value is -1.02. The van der Waals surface area contributed by atoms with Crippen molar-refractivity contribution >= 4 is 34.8 Å². The van der Waals surface area contributed by atoms with E-state index < -0.39 is 11.9 Å². The van der Waals surface area contributed by atoms with Crippen LogP contribution in [0, 0.1) is 5.92 Å². The number of nitrogens with one attached hydrogen (secondary N) is 1. The first-order valence-electron chi connectivity index (χ1n) is 5.86. The topological polar surface area (TPSA) is 50.9 Å². The Balaban J connectivity index is 2.98. The van der Waals surface area contributed by atoms with Crippen LogP contribution < -0.4 is 11.1 Å². The molecule has 1 unspecified atom stereocenters. The molecular formula is C12H16F3N3S2. The third kappa shape index (κ3) is 4.82. The van der Waals surface area contributed by atoms with E-state index in [1.807, 2.05) is 13.2 Å². The summed E-state index contributed by atoms with van der Waals surface area (Å²) < 4.78 is 38.0. The summed E-state index contributed by atoms with van der Waals surface area (Å²) in [5.74, 6) is 1.27. The first-order chi connectivity index (χ1) is 9.25. The minimum Gasteiger partial charge on any atom is -0.389 e. The molecule has 1 atom stereocenters. The van der Waals surface area contributed by atoms with Crippen molar-refractivity contribution in [2.75, 3.05) is 23.9 Å². The number of nitrogens with two attached hydrogens (primary N) is 1. The fourth-order valence-corrected chi connectivity index (χ4v) is 2.42. The Bertz CT molecular complexity index is 478. The highest BCUT2D eigenvalue weighted by atomic mass is 32.2. The van der Waals surface area contributed by atoms with Gasteiger partial charge in [0.25, 0.3) is 0 Å². The van der Waals surface area contributed by atoms with Crippen molar-refractivity contribution < 1.29 is 13.2 Å². The van der Waals surface area contributed by atoms with Crippen molar-refractivity contribution in [3.63, 3.8) is 0 Å². The predicted molar refractivity (Wildman–Crippen MR) is 81.2 cm³/mol. The van der Waals surface area contributed by atoms with Crippen LogP contribution in [0.5, 0.6) is 0 Å². The van der Waals surface area contributed by atoms with E-state index in [2.05, 4.69) is 10.3 Å². The lowest BCUT2D eigenvalue weighted by atomic mass is 10.2. The number of thiocarbonyl (C=S) groups is 1. The Morgan fingerprint density at radius 1 is 1.50 bits per heavy atom. The van der Waals surface area contributed by atoms with E-state index in [9.17, 15) is 13.2 Å². The van der Waals surface area contributed by atoms with Crippen LogP contribution in [0.4, 0.5) is 19.0 Å². The van der Waals surface area contributed by atoms with Gasteiger partial charge < -0.3 is 11.1 Å². The van der Waals surface area contributed by atoms with Crippen molar-refractivity contribution in [3.8, 4) is 0 Å². The van der Waals surface area contributed by atoms with Gasteiger partial charge in [-0.15, -0.1) is 0 Å². The first-order valence-corrected chi connectivity index (χ1v) is 7.66. The Morgan fingerprint density at radius 3 is 2.65 bits per heavy atom. The molecule has 3 N–H and O–H groups in total. The SMILES string of the molecule is CSCC(C)CNc1nc(C(F)(F)F)ccc1C(N)=S. The van der Waals surface area contributed by atoms with Crippen molar-refractivity contribution in [2.45, 2.75) is 13.1 Å². The molecule has 0 spiro atoms. The highest BCUT2D eigenvalue weighted by Crippen LogP contribution is 2.29. The smallest absolute Gasteiger partial charge is 0.389 e. The molecule has 0 radical (unpaired) electrons. The van der Waals surface area contributed by atoms with E-state index >= 15 is 0 Å². The molecule has 1 aromatic rings. The maximum absolute atomic E-state index is 12.7. The number of aromatic nitrogens is 1. The largest absolute Gasteiger partial charge is 0.433 e. The van der Waals surface area contributed by atoms with Crippen LogP contribution in [-0.4, -0.2) is 28.5 Å². The molecule has 112 valence electrons. The van der Waals surface area contributed by atoms with Crippen LogP contribution in [0.3, 0.4) is 0 Å². The van der Waals surface area contributed by atoms with E-state index in [1.165, 1.54) is 6.07 Å². The van der Waals surface area contributed by atoms with Gasteiger partial charge >= 0.3 is 6.18 Å². The molecule has 0 fully saturated rings. The Morgan fingerprint density at radius 2 is 2.15 bits per heavy atom. The van der Waals surface area contributed by atoms with Gasteiger partial charge in [0, 0.05) is 6.54 Å². The summed E-state index contributed by atoms with van der Waals surface area (Å²) in [5, 5.41) is 2.90. The lowest BCUT2D eigenvalue weighted by Crippen LogP contribution is -2.20. The number of hydrogen-bond acceptors (Lipinski definition) is 4. The van der Waals surface area contributed by atoms with Gasteiger partial charge in [-0.2, -0.15) is 24.9 Å². The number of anilines is 1. The van der Waals surface area contributed by atoms with Gasteiger partial charge in [0.05, 0.1) is 5.56 Å². The van der Waals surface area contributed by atoms with E-state index in [4.69, 9.17) is 18.0 Å². The van der Waals surface area contributed by atoms with Crippen LogP contribution in [0.25, 0.3) is 0 Å². The molecule has 20 heavy (non-hydrogen) atoms. The van der Waals surface area contributed by atoms with Crippen molar-refractivity contribution in [3.05, 3.63) is 23.4 Å². The third-order valence-corrected chi connectivity index (χ3v) is 3.64. The van der Waals surface area contributed by atoms with Gasteiger partial charge in [0.1, 0.15) is 16.5 Å². The molecule has 1 heterocycles. The van der Waals surface area contributed by atoms with Crippen LogP contribution in [0.15, 0.2) is 12.1 Å². The van der Waals surface area contributed by atoms with Crippen LogP contribution in [-0.2, 0) is 6.18 Å². The van der Waals surface area contributed by atoms with Gasteiger partial charge in [-0.25, -0.2) is 4.98 Å². The van der Waals surface area contributed by atoms with Crippen LogP contribution in [0.2, 0.25) is 0 Å². The van der Waals surface area contributed by atoms with E-state index in [0.717, 1.165) is 11.8 Å². The minimum atomic E-state index is -4.49. The molecule has 8 heteroatoms. The second kappa shape index (κ2) is 7.12. The molecule has 0 amide bonds. The quantitative estimate of drug-likeness (QED) is 0.788. The molecular weight excluding hydrogens is 307 g/mol. The number of alkyl halides is 3. The molecule has 0 aromatic carbocycles. The number of halogens is 3. The number of pyridine rings is 1. The third-order valence-electron chi connectivity index (χ3n) is 2.52. The lowest BCUT2D eigenvalue weighted by molar-refractivity contribution is -0.141. The molecule has 0 saturated heterocycles. The number of rotatable bonds is 6. The van der Waals surface area contributed by atoms with E-state index in [-0.39, 0.29) is 10.8 Å². The molecule has 0 aliphatic heterocycles. The maximum Gasteiger partial charge on any atom is 0.433 e. The normalized spacial score (nSPS) is 13.1. The fourth-order valence-electron chi connectivity index (χ4n) is 1.56. The highest BCUT2D eigenvalue weighted by Gasteiger charge is 2.33. The summed E-state index contributed by atoms with van der Waals surface area (Å²) in [6.45, 7) is 2.50. The standard InChI is InChI=1S/C12H16F3N3S2/c1-7(6-20-2)5-17-11-8(10(16)19)3-4-9(18-11)12(13,14)15/h3-4,7H,5-6H2,1-2H3,(H2,16,19)(H,17,18). The molecule has 0 aliphatic rings. The zero-order chi connectivity index (χ0) is 15.3. The molecule has 0 aliphatic carbocycles. The summed E-state index contributed by atoms with van der Waals surface area (Å²) in [4.78, 5) is 3.61. The number of hydrogen-bond donors (Lipinski definition) is 2. The molecule has 0 saturated carbocycles. The van der Waals surface area contributed by atoms with E-state index in [0.29, 0.717) is 18.0 Å². The molecule has 0 bridgehead atoms. The molecule has 3 nitrogen and oxygen atoms in total. The average molecular weight is 323 g/mol. The van der Waals surface area contributed by atoms with Crippen LogP contribution >= 0.6 is 24.0 Å². The summed E-state index contributed by atoms with van der Waals surface area (Å²) in [5.41, 5.74) is 4.87. The second-order valence-corrected chi connectivity index (χ2v) is 5.75. The fraction of sp³-hybridized carbons (Fsp3) is 0.500. The zero-order valence-electron chi connectivity index (χ0n) is 11.1. The van der Waals surface area contributed by atoms with E-state index in [1.54, 1.807) is 11.8 Å². The molecule has 1 aromatic heterocycles. The van der Waals surface area contributed by atoms with Gasteiger partial charge in [-0.1, -0.05) is 19.1 Å². The van der Waals surface area contributed by atoms with Crippen molar-refractivity contribution in [1.82, 2.24) is 4.98 Å². The Labute approximate surface area is 125 Å². The summed E-state index contributed by atoms with van der Waals surface area (Å²) in [7, 11) is 0. The second-order valence-electron chi connectivity index (χ2n) is 4.40. The summed E-state index contributed by atoms with van der Waals surface area (Å²) in [6.07, 6.45) is -2.52. The number of nitrogens with zero attached hydrogens (tertiary/aromatic N) is 1. The average Bonchev–Trinajstić information content (AvgIpc) is 2.35. The minimum absolute atomic E-state index is 0.0197. The lowest BCUT2D eigenvalue weighted by Gasteiger charge is -2.16. The summed E-state index contributed by atoms with van der Waals surface area (Å²) >= 11 is 6.50. The first kappa shape index (κ1) is 17.0. The van der Waals surface area contributed by atoms with Gasteiger partial charge in [-0.05, 0) is 30.1 Å². The Kier molecular flexibility index (Phi) is 6.07. The van der Waals surface area contributed by atoms with Crippen LogP contribution in [0.1, 0.15) is 18.2 Å². The number of thioether (sulfide) groups is 1. The van der Waals surface area contributed by atoms with Gasteiger partial charge in [-0.3, -0.25) is 0 Å². The summed E-state index contributed by atoms with van der Waals surface area (Å²) in [6, 6.07) is 2.13. The monoisotopic (exact) mass is 323 g/mol. The van der Waals surface area contributed by atoms with Gasteiger partial charge in [0.2, 0.25) is 0 Å². The highest BCUT2D eigenvalue weighted by molar-refractivity contribution is 7.98. The predicted octanol–water partition coefficient (Wildman–Crippen LogP) is 3.15. The van der Waals surface area contributed by atoms with Gasteiger partial charge in [0.15, 0.2) is 0 Å². The van der Waals surface area contributed by atoms with Crippen molar-refractivity contribution in [1.29, 1.82) is 0 Å². The maximum atomic E-state index is 12.7. The molecule has 1 rings (SSSR count). The van der Waals surface area contributed by atoms with Crippen molar-refractivity contribution in [2.24, 2.45) is 11.7 Å². The zero-order valence-corrected chi connectivity index (χ0v) is 12.8.